The Kier molecular flexibility index (Phi) is 4.80. The van der Waals surface area contributed by atoms with Crippen LogP contribution in [0.1, 0.15) is 11.1 Å². The molecule has 3 heterocycles. The topological polar surface area (TPSA) is 64.6 Å². The van der Waals surface area contributed by atoms with Crippen molar-refractivity contribution in [2.75, 3.05) is 11.5 Å². The first-order valence-electron chi connectivity index (χ1n) is 9.64. The molecule has 2 aromatic carbocycles. The Morgan fingerprint density at radius 1 is 1.10 bits per heavy atom. The maximum Gasteiger partial charge on any atom is 0.273 e. The molecule has 0 saturated heterocycles. The fourth-order valence-electron chi connectivity index (χ4n) is 3.42. The number of anilines is 1. The molecule has 5 rings (SSSR count). The summed E-state index contributed by atoms with van der Waals surface area (Å²) >= 11 is 1.50. The molecule has 2 aromatic heterocycles. The van der Waals surface area contributed by atoms with Crippen molar-refractivity contribution in [3.63, 3.8) is 0 Å². The zero-order valence-corrected chi connectivity index (χ0v) is 17.1. The number of aromatic nitrogens is 2. The van der Waals surface area contributed by atoms with Gasteiger partial charge in [-0.2, -0.15) is 0 Å². The summed E-state index contributed by atoms with van der Waals surface area (Å²) in [4.78, 5) is 24.1. The maximum atomic E-state index is 13.5. The lowest BCUT2D eigenvalue weighted by Crippen LogP contribution is -2.46. The third kappa shape index (κ3) is 3.48. The number of fused-ring (bicyclic) bond motifs is 2. The standard InChI is InChI=1S/C23H19N3O3S/c1-15-5-4-8-20-21(15)25-23(30-20)26(13-16-9-11-24-12-10-16)22(27)19-14-28-17-6-2-3-7-18(17)29-19/h2-12,19H,13-14H2,1H3. The molecule has 0 fully saturated rings. The van der Waals surface area contributed by atoms with Crippen LogP contribution in [0.4, 0.5) is 5.13 Å². The predicted molar refractivity (Wildman–Crippen MR) is 116 cm³/mol. The molecule has 1 amide bonds. The fourth-order valence-corrected chi connectivity index (χ4v) is 4.46. The quantitative estimate of drug-likeness (QED) is 0.493. The van der Waals surface area contributed by atoms with Gasteiger partial charge in [-0.05, 0) is 48.4 Å². The Bertz CT molecular complexity index is 1210. The van der Waals surface area contributed by atoms with Gasteiger partial charge in [0.25, 0.3) is 5.91 Å². The molecule has 7 heteroatoms. The average molecular weight is 417 g/mol. The van der Waals surface area contributed by atoms with Gasteiger partial charge in [0.1, 0.15) is 6.61 Å². The number of hydrogen-bond donors (Lipinski definition) is 0. The van der Waals surface area contributed by atoms with E-state index in [4.69, 9.17) is 14.5 Å². The Morgan fingerprint density at radius 3 is 2.70 bits per heavy atom. The lowest BCUT2D eigenvalue weighted by Gasteiger charge is -2.29. The number of carbonyl (C=O) groups excluding carboxylic acids is 1. The minimum atomic E-state index is -0.741. The summed E-state index contributed by atoms with van der Waals surface area (Å²) in [5.74, 6) is 1.04. The minimum Gasteiger partial charge on any atom is -0.485 e. The zero-order valence-electron chi connectivity index (χ0n) is 16.3. The summed E-state index contributed by atoms with van der Waals surface area (Å²) in [5.41, 5.74) is 2.96. The number of para-hydroxylation sites is 3. The summed E-state index contributed by atoms with van der Waals surface area (Å²) in [6.07, 6.45) is 2.70. The number of benzene rings is 2. The van der Waals surface area contributed by atoms with E-state index in [1.807, 2.05) is 61.5 Å². The highest BCUT2D eigenvalue weighted by Crippen LogP contribution is 2.34. The van der Waals surface area contributed by atoms with Crippen LogP contribution in [0.2, 0.25) is 0 Å². The van der Waals surface area contributed by atoms with Crippen LogP contribution in [-0.4, -0.2) is 28.6 Å². The monoisotopic (exact) mass is 417 g/mol. The van der Waals surface area contributed by atoms with E-state index >= 15 is 0 Å². The third-order valence-electron chi connectivity index (χ3n) is 4.98. The number of thiazole rings is 1. The highest BCUT2D eigenvalue weighted by molar-refractivity contribution is 7.22. The molecule has 1 aliphatic heterocycles. The Hall–Kier alpha value is -3.45. The maximum absolute atomic E-state index is 13.5. The first-order valence-corrected chi connectivity index (χ1v) is 10.5. The van der Waals surface area contributed by atoms with Crippen molar-refractivity contribution in [3.8, 4) is 11.5 Å². The third-order valence-corrected chi connectivity index (χ3v) is 6.02. The normalized spacial score (nSPS) is 15.2. The van der Waals surface area contributed by atoms with Crippen LogP contribution in [0, 0.1) is 6.92 Å². The van der Waals surface area contributed by atoms with Crippen molar-refractivity contribution in [2.45, 2.75) is 19.6 Å². The van der Waals surface area contributed by atoms with E-state index in [2.05, 4.69) is 4.98 Å². The number of pyridine rings is 1. The number of rotatable bonds is 4. The number of amides is 1. The van der Waals surface area contributed by atoms with E-state index < -0.39 is 6.10 Å². The molecule has 0 N–H and O–H groups in total. The summed E-state index contributed by atoms with van der Waals surface area (Å²) in [5, 5.41) is 0.642. The van der Waals surface area contributed by atoms with Crippen molar-refractivity contribution >= 4 is 32.6 Å². The fraction of sp³-hybridized carbons (Fsp3) is 0.174. The zero-order chi connectivity index (χ0) is 20.5. The molecule has 6 nitrogen and oxygen atoms in total. The average Bonchev–Trinajstić information content (AvgIpc) is 3.23. The SMILES string of the molecule is Cc1cccc2sc(N(Cc3ccncc3)C(=O)C3COc4ccccc4O3)nc12. The number of hydrogen-bond acceptors (Lipinski definition) is 6. The molecule has 0 spiro atoms. The largest absolute Gasteiger partial charge is 0.485 e. The number of carbonyl (C=O) groups is 1. The van der Waals surface area contributed by atoms with Gasteiger partial charge in [0.15, 0.2) is 16.6 Å². The lowest BCUT2D eigenvalue weighted by atomic mass is 10.2. The summed E-state index contributed by atoms with van der Waals surface area (Å²) < 4.78 is 12.8. The minimum absolute atomic E-state index is 0.159. The highest BCUT2D eigenvalue weighted by atomic mass is 32.1. The van der Waals surface area contributed by atoms with Gasteiger partial charge in [0.2, 0.25) is 6.10 Å². The van der Waals surface area contributed by atoms with Gasteiger partial charge in [-0.25, -0.2) is 4.98 Å². The van der Waals surface area contributed by atoms with Crippen LogP contribution >= 0.6 is 11.3 Å². The van der Waals surface area contributed by atoms with Crippen LogP contribution in [0.25, 0.3) is 10.2 Å². The van der Waals surface area contributed by atoms with Crippen molar-refractivity contribution in [3.05, 3.63) is 78.1 Å². The van der Waals surface area contributed by atoms with E-state index in [9.17, 15) is 4.79 Å². The Morgan fingerprint density at radius 2 is 1.90 bits per heavy atom. The van der Waals surface area contributed by atoms with Crippen molar-refractivity contribution in [1.82, 2.24) is 9.97 Å². The van der Waals surface area contributed by atoms with Crippen molar-refractivity contribution < 1.29 is 14.3 Å². The Labute approximate surface area is 177 Å². The predicted octanol–water partition coefficient (Wildman–Crippen LogP) is 4.37. The second-order valence-electron chi connectivity index (χ2n) is 7.06. The van der Waals surface area contributed by atoms with Crippen LogP contribution in [0.15, 0.2) is 67.0 Å². The first kappa shape index (κ1) is 18.6. The molecular weight excluding hydrogens is 398 g/mol. The van der Waals surface area contributed by atoms with Crippen LogP contribution in [0.3, 0.4) is 0 Å². The number of ether oxygens (including phenoxy) is 2. The summed E-state index contributed by atoms with van der Waals surface area (Å²) in [6.45, 7) is 2.56. The smallest absolute Gasteiger partial charge is 0.273 e. The van der Waals surface area contributed by atoms with E-state index in [0.717, 1.165) is 21.3 Å². The van der Waals surface area contributed by atoms with Gasteiger partial charge >= 0.3 is 0 Å². The second-order valence-corrected chi connectivity index (χ2v) is 8.07. The first-order chi connectivity index (χ1) is 14.7. The van der Waals surface area contributed by atoms with Gasteiger partial charge in [-0.3, -0.25) is 14.7 Å². The van der Waals surface area contributed by atoms with Gasteiger partial charge in [0.05, 0.1) is 16.8 Å². The lowest BCUT2D eigenvalue weighted by molar-refractivity contribution is -0.127. The summed E-state index contributed by atoms with van der Waals surface area (Å²) in [6, 6.07) is 17.2. The molecule has 0 aliphatic carbocycles. The molecule has 4 aromatic rings. The number of aryl methyl sites for hydroxylation is 1. The Balaban J connectivity index is 1.50. The van der Waals surface area contributed by atoms with Gasteiger partial charge in [-0.1, -0.05) is 35.6 Å². The van der Waals surface area contributed by atoms with Gasteiger partial charge < -0.3 is 9.47 Å². The molecule has 0 saturated carbocycles. The van der Waals surface area contributed by atoms with Crippen molar-refractivity contribution in [1.29, 1.82) is 0 Å². The molecule has 30 heavy (non-hydrogen) atoms. The second kappa shape index (κ2) is 7.76. The van der Waals surface area contributed by atoms with Gasteiger partial charge in [0, 0.05) is 12.4 Å². The van der Waals surface area contributed by atoms with E-state index in [-0.39, 0.29) is 12.5 Å². The molecule has 150 valence electrons. The summed E-state index contributed by atoms with van der Waals surface area (Å²) in [7, 11) is 0. The molecule has 1 atom stereocenters. The van der Waals surface area contributed by atoms with E-state index in [0.29, 0.717) is 23.2 Å². The molecule has 0 bridgehead atoms. The highest BCUT2D eigenvalue weighted by Gasteiger charge is 2.33. The van der Waals surface area contributed by atoms with E-state index in [1.165, 1.54) is 11.3 Å². The molecule has 1 unspecified atom stereocenters. The van der Waals surface area contributed by atoms with Gasteiger partial charge in [-0.15, -0.1) is 0 Å². The van der Waals surface area contributed by atoms with Crippen molar-refractivity contribution in [2.24, 2.45) is 0 Å². The van der Waals surface area contributed by atoms with E-state index in [1.54, 1.807) is 17.3 Å². The number of nitrogens with zero attached hydrogens (tertiary/aromatic N) is 3. The molecule has 1 aliphatic rings. The van der Waals surface area contributed by atoms with Crippen LogP contribution in [-0.2, 0) is 11.3 Å². The van der Waals surface area contributed by atoms with Crippen LogP contribution in [0.5, 0.6) is 11.5 Å². The molecule has 0 radical (unpaired) electrons. The molecular formula is C23H19N3O3S. The van der Waals surface area contributed by atoms with Crippen LogP contribution < -0.4 is 14.4 Å².